The van der Waals surface area contributed by atoms with Crippen molar-refractivity contribution < 1.29 is 4.79 Å². The van der Waals surface area contributed by atoms with Crippen LogP contribution in [0.5, 0.6) is 0 Å². The van der Waals surface area contributed by atoms with Crippen molar-refractivity contribution in [1.29, 1.82) is 0 Å². The third kappa shape index (κ3) is 1.78. The van der Waals surface area contributed by atoms with Crippen LogP contribution in [0.2, 0.25) is 0 Å². The van der Waals surface area contributed by atoms with Crippen LogP contribution in [0.25, 0.3) is 0 Å². The van der Waals surface area contributed by atoms with E-state index in [1.807, 2.05) is 6.92 Å². The Kier molecular flexibility index (Phi) is 2.92. The molecule has 0 aromatic heterocycles. The van der Waals surface area contributed by atoms with E-state index in [-0.39, 0.29) is 5.91 Å². The second-order valence-electron chi connectivity index (χ2n) is 1.54. The fourth-order valence-corrected chi connectivity index (χ4v) is 0.337. The van der Waals surface area contributed by atoms with Crippen LogP contribution in [0.15, 0.2) is 12.2 Å². The maximum Gasteiger partial charge on any atom is 0.246 e. The van der Waals surface area contributed by atoms with Gasteiger partial charge in [0.25, 0.3) is 0 Å². The lowest BCUT2D eigenvalue weighted by atomic mass is 10.2. The monoisotopic (exact) mass is 113 g/mol. The summed E-state index contributed by atoms with van der Waals surface area (Å²) in [5.74, 6) is -0.0625. The van der Waals surface area contributed by atoms with Crippen molar-refractivity contribution in [3.05, 3.63) is 12.2 Å². The third-order valence-electron chi connectivity index (χ3n) is 0.975. The highest BCUT2D eigenvalue weighted by molar-refractivity contribution is 5.92. The molecular formula is C6H11NO. The van der Waals surface area contributed by atoms with Crippen molar-refractivity contribution in [2.75, 3.05) is 7.05 Å². The van der Waals surface area contributed by atoms with E-state index in [1.165, 1.54) is 0 Å². The molecule has 46 valence electrons. The minimum Gasteiger partial charge on any atom is -0.355 e. The van der Waals surface area contributed by atoms with Gasteiger partial charge in [-0.25, -0.2) is 0 Å². The van der Waals surface area contributed by atoms with Gasteiger partial charge in [0.2, 0.25) is 5.91 Å². The first-order chi connectivity index (χ1) is 3.72. The minimum atomic E-state index is -0.0625. The Morgan fingerprint density at radius 1 is 1.75 bits per heavy atom. The molecule has 1 N–H and O–H groups in total. The van der Waals surface area contributed by atoms with Gasteiger partial charge in [0.1, 0.15) is 0 Å². The molecule has 8 heavy (non-hydrogen) atoms. The Hall–Kier alpha value is -0.790. The van der Waals surface area contributed by atoms with Crippen molar-refractivity contribution in [2.45, 2.75) is 13.3 Å². The molecule has 0 radical (unpaired) electrons. The largest absolute Gasteiger partial charge is 0.355 e. The number of hydrogen-bond acceptors (Lipinski definition) is 1. The first-order valence-corrected chi connectivity index (χ1v) is 2.62. The van der Waals surface area contributed by atoms with Crippen LogP contribution in [0.4, 0.5) is 0 Å². The highest BCUT2D eigenvalue weighted by Crippen LogP contribution is 1.93. The van der Waals surface area contributed by atoms with Gasteiger partial charge in [0.15, 0.2) is 0 Å². The first-order valence-electron chi connectivity index (χ1n) is 2.62. The van der Waals surface area contributed by atoms with E-state index in [0.717, 1.165) is 6.42 Å². The van der Waals surface area contributed by atoms with Gasteiger partial charge in [-0.15, -0.1) is 0 Å². The molecule has 0 aliphatic carbocycles. The zero-order valence-corrected chi connectivity index (χ0v) is 5.32. The molecule has 1 amide bonds. The molecular weight excluding hydrogens is 102 g/mol. The van der Waals surface area contributed by atoms with E-state index in [1.54, 1.807) is 7.05 Å². The molecule has 0 aliphatic rings. The van der Waals surface area contributed by atoms with Crippen LogP contribution in [0.1, 0.15) is 13.3 Å². The van der Waals surface area contributed by atoms with Crippen molar-refractivity contribution >= 4 is 5.91 Å². The van der Waals surface area contributed by atoms with Crippen LogP contribution in [0, 0.1) is 0 Å². The van der Waals surface area contributed by atoms with Crippen molar-refractivity contribution in [3.63, 3.8) is 0 Å². The van der Waals surface area contributed by atoms with Crippen LogP contribution >= 0.6 is 0 Å². The van der Waals surface area contributed by atoms with Crippen molar-refractivity contribution in [3.8, 4) is 0 Å². The molecule has 0 aromatic carbocycles. The van der Waals surface area contributed by atoms with Gasteiger partial charge in [0, 0.05) is 12.6 Å². The normalized spacial score (nSPS) is 8.25. The number of carbonyl (C=O) groups excluding carboxylic acids is 1. The lowest BCUT2D eigenvalue weighted by Gasteiger charge is -1.96. The Morgan fingerprint density at radius 2 is 2.25 bits per heavy atom. The Morgan fingerprint density at radius 3 is 2.38 bits per heavy atom. The average Bonchev–Trinajstić information content (AvgIpc) is 1.84. The topological polar surface area (TPSA) is 29.1 Å². The lowest BCUT2D eigenvalue weighted by Crippen LogP contribution is -2.18. The Bertz CT molecular complexity index is 93.1. The third-order valence-corrected chi connectivity index (χ3v) is 0.975. The highest BCUT2D eigenvalue weighted by Gasteiger charge is 1.97. The van der Waals surface area contributed by atoms with Gasteiger partial charge < -0.3 is 5.32 Å². The number of hydrogen-bond donors (Lipinski definition) is 1. The summed E-state index contributed by atoms with van der Waals surface area (Å²) in [5, 5.41) is 2.48. The van der Waals surface area contributed by atoms with E-state index >= 15 is 0 Å². The van der Waals surface area contributed by atoms with Gasteiger partial charge in [-0.2, -0.15) is 0 Å². The summed E-state index contributed by atoms with van der Waals surface area (Å²) in [7, 11) is 1.60. The fourth-order valence-electron chi connectivity index (χ4n) is 0.337. The van der Waals surface area contributed by atoms with E-state index in [0.29, 0.717) is 5.57 Å². The van der Waals surface area contributed by atoms with E-state index in [4.69, 9.17) is 0 Å². The molecule has 0 atom stereocenters. The molecule has 0 saturated carbocycles. The van der Waals surface area contributed by atoms with Crippen LogP contribution < -0.4 is 5.32 Å². The second kappa shape index (κ2) is 3.24. The number of amides is 1. The molecule has 2 heteroatoms. The van der Waals surface area contributed by atoms with E-state index < -0.39 is 0 Å². The molecule has 0 saturated heterocycles. The summed E-state index contributed by atoms with van der Waals surface area (Å²) in [5.41, 5.74) is 0.632. The standard InChI is InChI=1S/C6H11NO/c1-4-5(2)6(8)7-3/h2,4H2,1,3H3,(H,7,8). The van der Waals surface area contributed by atoms with Gasteiger partial charge in [-0.1, -0.05) is 13.5 Å². The zero-order chi connectivity index (χ0) is 6.57. The summed E-state index contributed by atoms with van der Waals surface area (Å²) >= 11 is 0. The van der Waals surface area contributed by atoms with Gasteiger partial charge in [-0.05, 0) is 6.42 Å². The minimum absolute atomic E-state index is 0.0625. The van der Waals surface area contributed by atoms with Gasteiger partial charge in [0.05, 0.1) is 0 Å². The highest BCUT2D eigenvalue weighted by atomic mass is 16.1. The smallest absolute Gasteiger partial charge is 0.246 e. The zero-order valence-electron chi connectivity index (χ0n) is 5.32. The number of nitrogens with one attached hydrogen (secondary N) is 1. The van der Waals surface area contributed by atoms with Crippen LogP contribution in [-0.4, -0.2) is 13.0 Å². The van der Waals surface area contributed by atoms with E-state index in [9.17, 15) is 4.79 Å². The number of carbonyl (C=O) groups is 1. The predicted octanol–water partition coefficient (Wildman–Crippen LogP) is 0.699. The van der Waals surface area contributed by atoms with E-state index in [2.05, 4.69) is 11.9 Å². The molecule has 0 unspecified atom stereocenters. The van der Waals surface area contributed by atoms with Gasteiger partial charge in [-0.3, -0.25) is 4.79 Å². The maximum absolute atomic E-state index is 10.5. The molecule has 0 aromatic rings. The second-order valence-corrected chi connectivity index (χ2v) is 1.54. The van der Waals surface area contributed by atoms with Crippen molar-refractivity contribution in [2.24, 2.45) is 0 Å². The SMILES string of the molecule is C=C(CC)C(=O)NC. The van der Waals surface area contributed by atoms with Crippen LogP contribution in [0.3, 0.4) is 0 Å². The molecule has 0 heterocycles. The molecule has 0 bridgehead atoms. The molecule has 0 spiro atoms. The maximum atomic E-state index is 10.5. The summed E-state index contributed by atoms with van der Waals surface area (Å²) in [6.07, 6.45) is 0.722. The summed E-state index contributed by atoms with van der Waals surface area (Å²) < 4.78 is 0. The van der Waals surface area contributed by atoms with Gasteiger partial charge >= 0.3 is 0 Å². The van der Waals surface area contributed by atoms with Crippen LogP contribution in [-0.2, 0) is 4.79 Å². The first kappa shape index (κ1) is 7.21. The Labute approximate surface area is 49.6 Å². The summed E-state index contributed by atoms with van der Waals surface area (Å²) in [6, 6.07) is 0. The fraction of sp³-hybridized carbons (Fsp3) is 0.500. The summed E-state index contributed by atoms with van der Waals surface area (Å²) in [6.45, 7) is 5.43. The number of rotatable bonds is 2. The molecule has 2 nitrogen and oxygen atoms in total. The van der Waals surface area contributed by atoms with Crippen molar-refractivity contribution in [1.82, 2.24) is 5.32 Å². The summed E-state index contributed by atoms with van der Waals surface area (Å²) in [4.78, 5) is 10.5. The average molecular weight is 113 g/mol. The Balaban J connectivity index is 3.64. The number of likely N-dealkylation sites (N-methyl/N-ethyl adjacent to an activating group) is 1. The molecule has 0 aliphatic heterocycles. The molecule has 0 rings (SSSR count). The molecule has 0 fully saturated rings. The lowest BCUT2D eigenvalue weighted by molar-refractivity contribution is -0.117. The predicted molar refractivity (Wildman–Crippen MR) is 33.5 cm³/mol. The quantitative estimate of drug-likeness (QED) is 0.525.